The number of amides is 4. The van der Waals surface area contributed by atoms with Crippen LogP contribution in [0.2, 0.25) is 0 Å². The Morgan fingerprint density at radius 1 is 1.02 bits per heavy atom. The zero-order chi connectivity index (χ0) is 35.4. The number of fused-ring (bicyclic) bond motifs is 1. The van der Waals surface area contributed by atoms with E-state index in [4.69, 9.17) is 14.2 Å². The normalized spacial score (nSPS) is 19.3. The minimum absolute atomic E-state index is 0.00253. The number of likely N-dealkylation sites (tertiary alicyclic amines) is 2. The molecule has 0 bridgehead atoms. The van der Waals surface area contributed by atoms with E-state index in [-0.39, 0.29) is 58.3 Å². The first-order valence-corrected chi connectivity index (χ1v) is 17.0. The molecule has 3 aromatic rings. The fraction of sp³-hybridized carbons (Fsp3) is 0.382. The summed E-state index contributed by atoms with van der Waals surface area (Å²) in [5.41, 5.74) is -2.89. The molecule has 256 valence electrons. The van der Waals surface area contributed by atoms with Crippen molar-refractivity contribution in [3.05, 3.63) is 77.5 Å². The van der Waals surface area contributed by atoms with Crippen molar-refractivity contribution in [2.24, 2.45) is 5.41 Å². The summed E-state index contributed by atoms with van der Waals surface area (Å²) in [7, 11) is -3.12. The van der Waals surface area contributed by atoms with E-state index >= 15 is 0 Å². The van der Waals surface area contributed by atoms with Gasteiger partial charge in [0.1, 0.15) is 11.4 Å². The molecule has 15 heteroatoms. The van der Waals surface area contributed by atoms with Crippen LogP contribution in [0.5, 0.6) is 11.6 Å². The van der Waals surface area contributed by atoms with E-state index in [2.05, 4.69) is 10.3 Å². The van der Waals surface area contributed by atoms with Gasteiger partial charge >= 0.3 is 12.1 Å². The maximum Gasteiger partial charge on any atom is 0.410 e. The molecule has 1 N–H and O–H groups in total. The Morgan fingerprint density at radius 2 is 1.69 bits per heavy atom. The van der Waals surface area contributed by atoms with E-state index in [1.54, 1.807) is 38.7 Å². The predicted octanol–water partition coefficient (Wildman–Crippen LogP) is 3.60. The Kier molecular flexibility index (Phi) is 8.18. The van der Waals surface area contributed by atoms with Crippen LogP contribution in [0.4, 0.5) is 15.3 Å². The van der Waals surface area contributed by atoms with Crippen LogP contribution in [0.15, 0.2) is 65.7 Å². The molecule has 6 rings (SSSR count). The molecule has 14 nitrogen and oxygen atoms in total. The number of nitrogens with one attached hydrogen (secondary N) is 1. The highest BCUT2D eigenvalue weighted by Crippen LogP contribution is 2.50. The van der Waals surface area contributed by atoms with E-state index in [0.29, 0.717) is 23.1 Å². The molecule has 49 heavy (non-hydrogen) atoms. The molecule has 2 saturated heterocycles. The first-order chi connectivity index (χ1) is 23.2. The van der Waals surface area contributed by atoms with Crippen molar-refractivity contribution in [2.45, 2.75) is 43.7 Å². The van der Waals surface area contributed by atoms with Crippen LogP contribution >= 0.6 is 0 Å². The summed E-state index contributed by atoms with van der Waals surface area (Å²) >= 11 is 0. The van der Waals surface area contributed by atoms with Crippen LogP contribution in [0.25, 0.3) is 0 Å². The third kappa shape index (κ3) is 5.65. The highest BCUT2D eigenvalue weighted by atomic mass is 32.2. The van der Waals surface area contributed by atoms with Crippen molar-refractivity contribution in [3.63, 3.8) is 0 Å². The Hall–Kier alpha value is -5.36. The molecule has 2 aromatic carbocycles. The number of benzene rings is 2. The average Bonchev–Trinajstić information content (AvgIpc) is 3.26. The molecular weight excluding hydrogens is 652 g/mol. The third-order valence-electron chi connectivity index (χ3n) is 8.65. The van der Waals surface area contributed by atoms with E-state index in [9.17, 15) is 28.1 Å². The van der Waals surface area contributed by atoms with Crippen molar-refractivity contribution in [3.8, 4) is 17.7 Å². The van der Waals surface area contributed by atoms with E-state index in [1.165, 1.54) is 66.7 Å². The quantitative estimate of drug-likeness (QED) is 0.387. The molecule has 1 spiro atoms. The number of aromatic nitrogens is 1. The molecular formula is C34H36N6O8S. The Labute approximate surface area is 284 Å². The number of carbonyl (C=O) groups excluding carboxylic acids is 3. The van der Waals surface area contributed by atoms with Gasteiger partial charge in [0.25, 0.3) is 15.9 Å². The summed E-state index contributed by atoms with van der Waals surface area (Å²) in [5.74, 6) is -0.592. The maximum atomic E-state index is 14.9. The maximum absolute atomic E-state index is 14.9. The topological polar surface area (TPSA) is 171 Å². The van der Waals surface area contributed by atoms with Gasteiger partial charge in [-0.25, -0.2) is 23.0 Å². The second kappa shape index (κ2) is 12.0. The van der Waals surface area contributed by atoms with Gasteiger partial charge in [0, 0.05) is 43.4 Å². The zero-order valence-corrected chi connectivity index (χ0v) is 28.5. The number of rotatable bonds is 7. The van der Waals surface area contributed by atoms with Crippen molar-refractivity contribution in [1.82, 2.24) is 20.1 Å². The van der Waals surface area contributed by atoms with E-state index in [0.717, 1.165) is 0 Å². The largest absolute Gasteiger partial charge is 0.497 e. The summed E-state index contributed by atoms with van der Waals surface area (Å²) in [4.78, 5) is 48.8. The summed E-state index contributed by atoms with van der Waals surface area (Å²) in [6.07, 6.45) is 1.02. The van der Waals surface area contributed by atoms with E-state index < -0.39 is 39.2 Å². The SMILES string of the molecule is CCOc1ncccc1C1(NC(=O)N2CC3(C2)CN(C(=O)OC(C)(C)C)C3)C(=O)N(S(=O)(=O)c2ccc(OC)cc2)c2ccc(C#N)cc21. The van der Waals surface area contributed by atoms with Gasteiger partial charge in [0.05, 0.1) is 41.5 Å². The predicted molar refractivity (Wildman–Crippen MR) is 175 cm³/mol. The summed E-state index contributed by atoms with van der Waals surface area (Å²) in [6, 6.07) is 14.2. The third-order valence-corrected chi connectivity index (χ3v) is 10.4. The number of nitriles is 1. The second-order valence-electron chi connectivity index (χ2n) is 13.3. The van der Waals surface area contributed by atoms with Crippen LogP contribution in [-0.4, -0.2) is 86.7 Å². The molecule has 2 fully saturated rings. The number of sulfonamides is 1. The minimum Gasteiger partial charge on any atom is -0.497 e. The van der Waals surface area contributed by atoms with Crippen LogP contribution in [-0.2, 0) is 25.1 Å². The minimum atomic E-state index is -4.57. The van der Waals surface area contributed by atoms with Gasteiger partial charge in [-0.2, -0.15) is 9.57 Å². The molecule has 3 aliphatic rings. The number of hydrogen-bond acceptors (Lipinski definition) is 10. The zero-order valence-electron chi connectivity index (χ0n) is 27.7. The molecule has 4 amide bonds. The standard InChI is InChI=1S/C34H36N6O8S/c1-6-47-28-25(8-7-15-36-28)34(37-30(42)38-18-33(19-38)20-39(21-33)31(43)48-32(2,3)4)26-16-22(17-35)9-14-27(26)40(29(34)41)49(44,45)24-12-10-23(46-5)11-13-24/h7-16H,6,18-21H2,1-5H3,(H,37,42). The lowest BCUT2D eigenvalue weighted by Gasteiger charge is -2.59. The van der Waals surface area contributed by atoms with Crippen molar-refractivity contribution in [1.29, 1.82) is 5.26 Å². The van der Waals surface area contributed by atoms with Gasteiger partial charge in [0.2, 0.25) is 5.88 Å². The number of ether oxygens (including phenoxy) is 3. The van der Waals surface area contributed by atoms with Gasteiger partial charge in [-0.3, -0.25) is 4.79 Å². The Balaban J connectivity index is 1.39. The summed E-state index contributed by atoms with van der Waals surface area (Å²) in [5, 5.41) is 12.7. The van der Waals surface area contributed by atoms with Gasteiger partial charge in [-0.15, -0.1) is 0 Å². The fourth-order valence-corrected chi connectivity index (χ4v) is 7.96. The van der Waals surface area contributed by atoms with Crippen LogP contribution < -0.4 is 19.1 Å². The number of urea groups is 1. The molecule has 0 radical (unpaired) electrons. The lowest BCUT2D eigenvalue weighted by atomic mass is 9.73. The molecule has 0 aliphatic carbocycles. The Morgan fingerprint density at radius 3 is 2.31 bits per heavy atom. The molecule has 4 heterocycles. The van der Waals surface area contributed by atoms with Crippen LogP contribution in [0.1, 0.15) is 44.4 Å². The number of hydrogen-bond donors (Lipinski definition) is 1. The fourth-order valence-electron chi connectivity index (χ4n) is 6.49. The number of carbonyl (C=O) groups is 3. The lowest BCUT2D eigenvalue weighted by molar-refractivity contribution is -0.122. The van der Waals surface area contributed by atoms with E-state index in [1.807, 2.05) is 6.07 Å². The smallest absolute Gasteiger partial charge is 0.410 e. The molecule has 0 saturated carbocycles. The molecule has 3 aliphatic heterocycles. The first kappa shape index (κ1) is 33.5. The lowest BCUT2D eigenvalue weighted by Crippen LogP contribution is -2.75. The highest BCUT2D eigenvalue weighted by Gasteiger charge is 2.61. The van der Waals surface area contributed by atoms with Crippen LogP contribution in [0, 0.1) is 16.7 Å². The number of nitrogens with zero attached hydrogens (tertiary/aromatic N) is 5. The van der Waals surface area contributed by atoms with Gasteiger partial charge in [0.15, 0.2) is 5.54 Å². The molecule has 1 atom stereocenters. The van der Waals surface area contributed by atoms with Crippen molar-refractivity contribution < 1.29 is 37.0 Å². The molecule has 1 aromatic heterocycles. The van der Waals surface area contributed by atoms with Gasteiger partial charge in [-0.05, 0) is 82.3 Å². The second-order valence-corrected chi connectivity index (χ2v) is 15.0. The summed E-state index contributed by atoms with van der Waals surface area (Å²) in [6.45, 7) is 8.61. The van der Waals surface area contributed by atoms with Crippen LogP contribution in [0.3, 0.4) is 0 Å². The van der Waals surface area contributed by atoms with Gasteiger partial charge in [-0.1, -0.05) is 0 Å². The summed E-state index contributed by atoms with van der Waals surface area (Å²) < 4.78 is 45.6. The number of methoxy groups -OCH3 is 1. The number of anilines is 1. The highest BCUT2D eigenvalue weighted by molar-refractivity contribution is 7.93. The average molecular weight is 689 g/mol. The first-order valence-electron chi connectivity index (χ1n) is 15.6. The Bertz CT molecular complexity index is 1970. The number of pyridine rings is 1. The van der Waals surface area contributed by atoms with Gasteiger partial charge < -0.3 is 29.3 Å². The van der Waals surface area contributed by atoms with Crippen molar-refractivity contribution in [2.75, 3.05) is 44.2 Å². The monoisotopic (exact) mass is 688 g/mol. The molecule has 1 unspecified atom stereocenters. The van der Waals surface area contributed by atoms with Crippen molar-refractivity contribution >= 4 is 33.7 Å².